The Morgan fingerprint density at radius 3 is 2.83 bits per heavy atom. The Kier molecular flexibility index (Phi) is 6.20. The predicted molar refractivity (Wildman–Crippen MR) is 93.1 cm³/mol. The van der Waals surface area contributed by atoms with Crippen LogP contribution in [-0.2, 0) is 15.0 Å². The van der Waals surface area contributed by atoms with Gasteiger partial charge < -0.3 is 10.1 Å². The first-order valence-electron chi connectivity index (χ1n) is 8.06. The van der Waals surface area contributed by atoms with Crippen molar-refractivity contribution < 1.29 is 17.9 Å². The highest BCUT2D eigenvalue weighted by Crippen LogP contribution is 2.23. The van der Waals surface area contributed by atoms with Gasteiger partial charge in [0.25, 0.3) is 10.2 Å². The van der Waals surface area contributed by atoms with E-state index in [1.54, 1.807) is 12.1 Å². The summed E-state index contributed by atoms with van der Waals surface area (Å²) in [6.07, 6.45) is 1.35. The number of carbonyl (C=O) groups excluding carboxylic acids is 1. The molecule has 0 radical (unpaired) electrons. The summed E-state index contributed by atoms with van der Waals surface area (Å²) in [5, 5.41) is 2.86. The number of nitrogens with one attached hydrogen (secondary N) is 1. The fourth-order valence-corrected chi connectivity index (χ4v) is 3.86. The quantitative estimate of drug-likeness (QED) is 0.840. The first kappa shape index (κ1) is 18.7. The van der Waals surface area contributed by atoms with Crippen molar-refractivity contribution in [1.82, 2.24) is 8.61 Å². The van der Waals surface area contributed by atoms with E-state index in [0.29, 0.717) is 37.4 Å². The number of nitrogens with zero attached hydrogens (tertiary/aromatic N) is 2. The molecule has 7 nitrogen and oxygen atoms in total. The normalized spacial score (nSPS) is 19.2. The van der Waals surface area contributed by atoms with Crippen LogP contribution in [-0.4, -0.2) is 56.7 Å². The molecule has 1 fully saturated rings. The average molecular weight is 355 g/mol. The lowest BCUT2D eigenvalue weighted by molar-refractivity contribution is -0.120. The molecule has 8 heteroatoms. The van der Waals surface area contributed by atoms with E-state index in [-0.39, 0.29) is 18.4 Å². The van der Waals surface area contributed by atoms with Crippen molar-refractivity contribution in [2.45, 2.75) is 19.8 Å². The zero-order valence-corrected chi connectivity index (χ0v) is 15.2. The molecule has 1 aromatic carbocycles. The van der Waals surface area contributed by atoms with E-state index in [2.05, 4.69) is 5.32 Å². The number of anilines is 1. The highest BCUT2D eigenvalue weighted by molar-refractivity contribution is 7.86. The van der Waals surface area contributed by atoms with Crippen molar-refractivity contribution in [3.05, 3.63) is 24.3 Å². The van der Waals surface area contributed by atoms with Gasteiger partial charge in [-0.1, -0.05) is 6.07 Å². The van der Waals surface area contributed by atoms with Crippen molar-refractivity contribution in [2.75, 3.05) is 39.1 Å². The molecule has 2 rings (SSSR count). The topological polar surface area (TPSA) is 79.0 Å². The van der Waals surface area contributed by atoms with Crippen LogP contribution in [0.1, 0.15) is 19.8 Å². The van der Waals surface area contributed by atoms with Gasteiger partial charge in [-0.2, -0.15) is 17.0 Å². The van der Waals surface area contributed by atoms with E-state index in [4.69, 9.17) is 4.74 Å². The molecule has 134 valence electrons. The Labute approximate surface area is 143 Å². The zero-order chi connectivity index (χ0) is 17.7. The van der Waals surface area contributed by atoms with Crippen molar-refractivity contribution in [1.29, 1.82) is 0 Å². The van der Waals surface area contributed by atoms with E-state index < -0.39 is 10.2 Å². The number of piperidine rings is 1. The van der Waals surface area contributed by atoms with Crippen LogP contribution >= 0.6 is 0 Å². The lowest BCUT2D eigenvalue weighted by Crippen LogP contribution is -2.47. The Hall–Kier alpha value is -1.64. The molecule has 0 aromatic heterocycles. The average Bonchev–Trinajstić information content (AvgIpc) is 2.55. The summed E-state index contributed by atoms with van der Waals surface area (Å²) in [4.78, 5) is 12.5. The second-order valence-electron chi connectivity index (χ2n) is 5.94. The molecule has 0 saturated carbocycles. The van der Waals surface area contributed by atoms with E-state index >= 15 is 0 Å². The van der Waals surface area contributed by atoms with Gasteiger partial charge in [-0.3, -0.25) is 4.79 Å². The predicted octanol–water partition coefficient (Wildman–Crippen LogP) is 1.54. The van der Waals surface area contributed by atoms with Crippen molar-refractivity contribution in [2.24, 2.45) is 5.92 Å². The number of carbonyl (C=O) groups is 1. The van der Waals surface area contributed by atoms with E-state index in [1.807, 2.05) is 19.1 Å². The van der Waals surface area contributed by atoms with E-state index in [1.165, 1.54) is 22.7 Å². The summed E-state index contributed by atoms with van der Waals surface area (Å²) in [5.41, 5.74) is 0.651. The molecule has 1 atom stereocenters. The molecule has 0 bridgehead atoms. The lowest BCUT2D eigenvalue weighted by atomic mass is 9.98. The molecule has 1 heterocycles. The molecule has 0 unspecified atom stereocenters. The maximum atomic E-state index is 12.5. The second kappa shape index (κ2) is 7.96. The highest BCUT2D eigenvalue weighted by atomic mass is 32.2. The molecule has 1 aliphatic heterocycles. The molecule has 1 aliphatic rings. The number of hydrogen-bond donors (Lipinski definition) is 1. The van der Waals surface area contributed by atoms with Crippen LogP contribution in [0.4, 0.5) is 5.69 Å². The van der Waals surface area contributed by atoms with Crippen molar-refractivity contribution in [3.63, 3.8) is 0 Å². The van der Waals surface area contributed by atoms with Crippen molar-refractivity contribution >= 4 is 21.8 Å². The van der Waals surface area contributed by atoms with Crippen LogP contribution in [0.5, 0.6) is 5.75 Å². The zero-order valence-electron chi connectivity index (χ0n) is 14.4. The van der Waals surface area contributed by atoms with Gasteiger partial charge in [0.05, 0.1) is 12.5 Å². The monoisotopic (exact) mass is 355 g/mol. The summed E-state index contributed by atoms with van der Waals surface area (Å²) < 4.78 is 32.4. The van der Waals surface area contributed by atoms with Gasteiger partial charge in [-0.25, -0.2) is 0 Å². The number of benzene rings is 1. The minimum absolute atomic E-state index is 0.165. The Morgan fingerprint density at radius 2 is 2.17 bits per heavy atom. The van der Waals surface area contributed by atoms with Gasteiger partial charge in [-0.15, -0.1) is 0 Å². The molecule has 1 aromatic rings. The van der Waals surface area contributed by atoms with Crippen LogP contribution in [0.15, 0.2) is 24.3 Å². The summed E-state index contributed by atoms with van der Waals surface area (Å²) in [6, 6.07) is 7.19. The van der Waals surface area contributed by atoms with Gasteiger partial charge in [0.2, 0.25) is 5.91 Å². The second-order valence-corrected chi connectivity index (χ2v) is 8.08. The number of ether oxygens (including phenoxy) is 1. The van der Waals surface area contributed by atoms with Crippen LogP contribution in [0, 0.1) is 5.92 Å². The molecule has 0 spiro atoms. The number of hydrogen-bond acceptors (Lipinski definition) is 4. The van der Waals surface area contributed by atoms with Gasteiger partial charge in [-0.05, 0) is 31.9 Å². The fourth-order valence-electron chi connectivity index (χ4n) is 2.67. The van der Waals surface area contributed by atoms with Crippen LogP contribution in [0.25, 0.3) is 0 Å². The molecule has 1 saturated heterocycles. The minimum Gasteiger partial charge on any atom is -0.494 e. The summed E-state index contributed by atoms with van der Waals surface area (Å²) in [6.45, 7) is 3.10. The third-order valence-electron chi connectivity index (χ3n) is 3.96. The number of rotatable bonds is 6. The minimum atomic E-state index is -3.49. The summed E-state index contributed by atoms with van der Waals surface area (Å²) in [5.74, 6) is 0.169. The fraction of sp³-hybridized carbons (Fsp3) is 0.562. The first-order chi connectivity index (χ1) is 11.3. The molecule has 1 N–H and O–H groups in total. The summed E-state index contributed by atoms with van der Waals surface area (Å²) >= 11 is 0. The van der Waals surface area contributed by atoms with Gasteiger partial charge in [0, 0.05) is 38.9 Å². The van der Waals surface area contributed by atoms with Gasteiger partial charge in [0.1, 0.15) is 5.75 Å². The van der Waals surface area contributed by atoms with Crippen molar-refractivity contribution in [3.8, 4) is 5.75 Å². The van der Waals surface area contributed by atoms with Gasteiger partial charge >= 0.3 is 0 Å². The molecule has 1 amide bonds. The largest absolute Gasteiger partial charge is 0.494 e. The lowest BCUT2D eigenvalue weighted by Gasteiger charge is -2.32. The van der Waals surface area contributed by atoms with E-state index in [9.17, 15) is 13.2 Å². The first-order valence-corrected chi connectivity index (χ1v) is 9.45. The SMILES string of the molecule is CCOc1cccc(NC(=O)[C@H]2CCCN(S(=O)(=O)N(C)C)C2)c1. The van der Waals surface area contributed by atoms with Gasteiger partial charge in [0.15, 0.2) is 0 Å². The third-order valence-corrected chi connectivity index (χ3v) is 5.86. The van der Waals surface area contributed by atoms with Crippen LogP contribution < -0.4 is 10.1 Å². The standard InChI is InChI=1S/C16H25N3O4S/c1-4-23-15-9-5-8-14(11-15)17-16(20)13-7-6-10-19(12-13)24(21,22)18(2)3/h5,8-9,11,13H,4,6-7,10,12H2,1-3H3,(H,17,20)/t13-/m0/s1. The maximum absolute atomic E-state index is 12.5. The highest BCUT2D eigenvalue weighted by Gasteiger charge is 2.33. The molecular formula is C16H25N3O4S. The molecule has 24 heavy (non-hydrogen) atoms. The molecule has 0 aliphatic carbocycles. The summed E-state index contributed by atoms with van der Waals surface area (Å²) in [7, 11) is -0.490. The Balaban J connectivity index is 2.03. The maximum Gasteiger partial charge on any atom is 0.281 e. The molecular weight excluding hydrogens is 330 g/mol. The van der Waals surface area contributed by atoms with Crippen LogP contribution in [0.2, 0.25) is 0 Å². The number of amides is 1. The van der Waals surface area contributed by atoms with Crippen LogP contribution in [0.3, 0.4) is 0 Å². The smallest absolute Gasteiger partial charge is 0.281 e. The Bertz CT molecular complexity index is 676. The third kappa shape index (κ3) is 4.46. The Morgan fingerprint density at radius 1 is 1.42 bits per heavy atom. The van der Waals surface area contributed by atoms with E-state index in [0.717, 1.165) is 0 Å².